The molecule has 0 fully saturated rings. The predicted octanol–water partition coefficient (Wildman–Crippen LogP) is 12.6. The lowest BCUT2D eigenvalue weighted by atomic mass is 9.84. The van der Waals surface area contributed by atoms with Crippen LogP contribution in [0.3, 0.4) is 0 Å². The Balaban J connectivity index is 1.58. The van der Waals surface area contributed by atoms with Crippen LogP contribution in [-0.2, 0) is 10.8 Å². The molecule has 0 aromatic heterocycles. The number of rotatable bonds is 5. The Labute approximate surface area is 264 Å². The summed E-state index contributed by atoms with van der Waals surface area (Å²) < 4.78 is 0. The summed E-state index contributed by atoms with van der Waals surface area (Å²) >= 11 is 0. The molecule has 0 aliphatic rings. The minimum Gasteiger partial charge on any atom is -0.0622 e. The van der Waals surface area contributed by atoms with Gasteiger partial charge in [-0.2, -0.15) is 0 Å². The largest absolute Gasteiger partial charge is 0.0622 e. The summed E-state index contributed by atoms with van der Waals surface area (Å²) in [5, 5.41) is 0. The molecule has 0 aliphatic heterocycles. The zero-order valence-electron chi connectivity index (χ0n) is 26.9. The maximum absolute atomic E-state index is 2.37. The van der Waals surface area contributed by atoms with Crippen molar-refractivity contribution in [3.05, 3.63) is 157 Å². The highest BCUT2D eigenvalue weighted by Gasteiger charge is 2.17. The molecule has 0 radical (unpaired) electrons. The van der Waals surface area contributed by atoms with Crippen molar-refractivity contribution < 1.29 is 0 Å². The van der Waals surface area contributed by atoms with E-state index in [1.165, 1.54) is 66.8 Å². The fourth-order valence-electron chi connectivity index (χ4n) is 5.85. The van der Waals surface area contributed by atoms with Gasteiger partial charge in [-0.1, -0.05) is 151 Å². The van der Waals surface area contributed by atoms with Gasteiger partial charge in [-0.15, -0.1) is 0 Å². The third kappa shape index (κ3) is 6.46. The highest BCUT2D eigenvalue weighted by Crippen LogP contribution is 2.38. The van der Waals surface area contributed by atoms with E-state index >= 15 is 0 Å². The molecule has 0 heterocycles. The first kappa shape index (κ1) is 29.4. The molecule has 218 valence electrons. The smallest absolute Gasteiger partial charge is 0.0132 e. The zero-order valence-corrected chi connectivity index (χ0v) is 26.9. The van der Waals surface area contributed by atoms with E-state index in [2.05, 4.69) is 187 Å². The van der Waals surface area contributed by atoms with Gasteiger partial charge in [0.05, 0.1) is 0 Å². The van der Waals surface area contributed by atoms with Crippen molar-refractivity contribution in [2.45, 2.75) is 52.4 Å². The molecule has 0 bridgehead atoms. The SMILES string of the molecule is CC(C)(C)c1cccc(-c2cc(-c3ccccc3)cc(-c3cc(-c4ccccc4)cc(-c4cccc(C(C)(C)C)c4)c3)c2)c1. The lowest BCUT2D eigenvalue weighted by Gasteiger charge is -2.21. The quantitative estimate of drug-likeness (QED) is 0.193. The highest BCUT2D eigenvalue weighted by molar-refractivity contribution is 5.86. The van der Waals surface area contributed by atoms with Crippen molar-refractivity contribution in [1.29, 1.82) is 0 Å². The van der Waals surface area contributed by atoms with E-state index in [9.17, 15) is 0 Å². The van der Waals surface area contributed by atoms with Gasteiger partial charge in [-0.25, -0.2) is 0 Å². The number of hydrogen-bond acceptors (Lipinski definition) is 0. The Morgan fingerprint density at radius 1 is 0.250 bits per heavy atom. The van der Waals surface area contributed by atoms with Crippen LogP contribution in [0, 0.1) is 0 Å². The summed E-state index contributed by atoms with van der Waals surface area (Å²) in [7, 11) is 0. The second kappa shape index (κ2) is 11.8. The number of hydrogen-bond donors (Lipinski definition) is 0. The molecule has 0 nitrogen and oxygen atoms in total. The minimum absolute atomic E-state index is 0.0798. The average molecular weight is 571 g/mol. The van der Waals surface area contributed by atoms with E-state index < -0.39 is 0 Å². The topological polar surface area (TPSA) is 0 Å². The van der Waals surface area contributed by atoms with Crippen molar-refractivity contribution in [3.8, 4) is 55.6 Å². The molecule has 0 amide bonds. The second-order valence-corrected chi connectivity index (χ2v) is 14.0. The zero-order chi connectivity index (χ0) is 30.9. The van der Waals surface area contributed by atoms with Gasteiger partial charge >= 0.3 is 0 Å². The van der Waals surface area contributed by atoms with Crippen LogP contribution in [0.2, 0.25) is 0 Å². The minimum atomic E-state index is 0.0798. The summed E-state index contributed by atoms with van der Waals surface area (Å²) in [6, 6.07) is 53.7. The van der Waals surface area contributed by atoms with E-state index in [0.717, 1.165) is 0 Å². The van der Waals surface area contributed by atoms with Crippen molar-refractivity contribution in [3.63, 3.8) is 0 Å². The molecular formula is C44H42. The first-order valence-corrected chi connectivity index (χ1v) is 15.7. The van der Waals surface area contributed by atoms with Gasteiger partial charge in [-0.3, -0.25) is 0 Å². The van der Waals surface area contributed by atoms with E-state index in [1.54, 1.807) is 0 Å². The van der Waals surface area contributed by atoms with Crippen molar-refractivity contribution in [2.75, 3.05) is 0 Å². The normalized spacial score (nSPS) is 11.9. The number of benzene rings is 6. The Kier molecular flexibility index (Phi) is 7.87. The third-order valence-electron chi connectivity index (χ3n) is 8.54. The van der Waals surface area contributed by atoms with Gasteiger partial charge in [0, 0.05) is 0 Å². The van der Waals surface area contributed by atoms with Crippen LogP contribution < -0.4 is 0 Å². The molecule has 6 aromatic carbocycles. The summed E-state index contributed by atoms with van der Waals surface area (Å²) in [6.45, 7) is 13.7. The predicted molar refractivity (Wildman–Crippen MR) is 191 cm³/mol. The van der Waals surface area contributed by atoms with Gasteiger partial charge in [0.1, 0.15) is 0 Å². The van der Waals surface area contributed by atoms with E-state index in [1.807, 2.05) is 0 Å². The maximum Gasteiger partial charge on any atom is -0.0132 e. The van der Waals surface area contributed by atoms with Gasteiger partial charge in [0.15, 0.2) is 0 Å². The molecule has 0 atom stereocenters. The molecule has 0 spiro atoms. The molecule has 0 heteroatoms. The summed E-state index contributed by atoms with van der Waals surface area (Å²) in [5.41, 5.74) is 15.1. The fraction of sp³-hybridized carbons (Fsp3) is 0.182. The summed E-state index contributed by atoms with van der Waals surface area (Å²) in [6.07, 6.45) is 0. The first-order valence-electron chi connectivity index (χ1n) is 15.7. The molecule has 6 aromatic rings. The van der Waals surface area contributed by atoms with Gasteiger partial charge < -0.3 is 0 Å². The molecule has 0 unspecified atom stereocenters. The van der Waals surface area contributed by atoms with Gasteiger partial charge in [-0.05, 0) is 114 Å². The molecule has 44 heavy (non-hydrogen) atoms. The van der Waals surface area contributed by atoms with Gasteiger partial charge in [0.25, 0.3) is 0 Å². The van der Waals surface area contributed by atoms with Crippen LogP contribution in [-0.4, -0.2) is 0 Å². The van der Waals surface area contributed by atoms with Crippen molar-refractivity contribution in [1.82, 2.24) is 0 Å². The Morgan fingerprint density at radius 2 is 0.523 bits per heavy atom. The fourth-order valence-corrected chi connectivity index (χ4v) is 5.85. The van der Waals surface area contributed by atoms with E-state index in [-0.39, 0.29) is 10.8 Å². The molecule has 6 rings (SSSR count). The monoisotopic (exact) mass is 570 g/mol. The highest BCUT2D eigenvalue weighted by atomic mass is 14.2. The summed E-state index contributed by atoms with van der Waals surface area (Å²) in [5.74, 6) is 0. The van der Waals surface area contributed by atoms with Crippen LogP contribution in [0.15, 0.2) is 146 Å². The molecular weight excluding hydrogens is 528 g/mol. The van der Waals surface area contributed by atoms with Crippen molar-refractivity contribution >= 4 is 0 Å². The van der Waals surface area contributed by atoms with Crippen molar-refractivity contribution in [2.24, 2.45) is 0 Å². The maximum atomic E-state index is 2.37. The first-order chi connectivity index (χ1) is 21.0. The van der Waals surface area contributed by atoms with Crippen LogP contribution >= 0.6 is 0 Å². The average Bonchev–Trinajstić information content (AvgIpc) is 3.04. The summed E-state index contributed by atoms with van der Waals surface area (Å²) in [4.78, 5) is 0. The van der Waals surface area contributed by atoms with Crippen LogP contribution in [0.1, 0.15) is 52.7 Å². The van der Waals surface area contributed by atoms with Crippen LogP contribution in [0.5, 0.6) is 0 Å². The molecule has 0 aliphatic carbocycles. The van der Waals surface area contributed by atoms with Crippen LogP contribution in [0.25, 0.3) is 55.6 Å². The lowest BCUT2D eigenvalue weighted by Crippen LogP contribution is -2.10. The Bertz CT molecular complexity index is 1750. The molecule has 0 saturated heterocycles. The van der Waals surface area contributed by atoms with Gasteiger partial charge in [0.2, 0.25) is 0 Å². The second-order valence-electron chi connectivity index (χ2n) is 14.0. The van der Waals surface area contributed by atoms with E-state index in [4.69, 9.17) is 0 Å². The Hall–Kier alpha value is -4.68. The Morgan fingerprint density at radius 3 is 0.841 bits per heavy atom. The third-order valence-corrected chi connectivity index (χ3v) is 8.54. The van der Waals surface area contributed by atoms with Crippen LogP contribution in [0.4, 0.5) is 0 Å². The molecule has 0 N–H and O–H groups in total. The van der Waals surface area contributed by atoms with E-state index in [0.29, 0.717) is 0 Å². The molecule has 0 saturated carbocycles. The lowest BCUT2D eigenvalue weighted by molar-refractivity contribution is 0.590. The standard InChI is InChI=1S/C44H42/c1-43(2,3)41-21-13-19-33(29-41)37-23-35(31-15-9-7-10-16-31)25-39(27-37)40-26-36(32-17-11-8-12-18-32)24-38(28-40)34-20-14-22-42(30-34)44(4,5)6/h7-30H,1-6H3.